The smallest absolute Gasteiger partial charge is 0.276 e. The second kappa shape index (κ2) is 27.8. The van der Waals surface area contributed by atoms with E-state index in [4.69, 9.17) is 25.8 Å². The highest BCUT2D eigenvalue weighted by atomic mass is 35.5. The maximum Gasteiger partial charge on any atom is 0.276 e. The number of nitrogens with zero attached hydrogens (tertiary/aromatic N) is 9. The summed E-state index contributed by atoms with van der Waals surface area (Å²) in [6, 6.07) is 10.5. The number of hydrogen-bond donors (Lipinski definition) is 4. The number of halogens is 4. The molecular weight excluding hydrogens is 1200 g/mol. The predicted molar refractivity (Wildman–Crippen MR) is 355 cm³/mol. The second-order valence-corrected chi connectivity index (χ2v) is 26.5. The average molecular weight is 1290 g/mol. The van der Waals surface area contributed by atoms with Crippen LogP contribution in [0.2, 0.25) is 5.02 Å². The van der Waals surface area contributed by atoms with Crippen molar-refractivity contribution < 1.29 is 32.5 Å². The number of ether oxygens (including phenoxy) is 3. The van der Waals surface area contributed by atoms with E-state index < -0.39 is 11.3 Å². The summed E-state index contributed by atoms with van der Waals surface area (Å²) in [5, 5.41) is 33.6. The Morgan fingerprint density at radius 1 is 0.543 bits per heavy atom. The van der Waals surface area contributed by atoms with Crippen molar-refractivity contribution in [2.24, 2.45) is 44.8 Å². The summed E-state index contributed by atoms with van der Waals surface area (Å²) in [5.41, 5.74) is 5.38. The minimum Gasteiger partial charge on any atom is -0.496 e. The molecule has 0 amide bonds. The van der Waals surface area contributed by atoms with Gasteiger partial charge in [0.25, 0.3) is 16.7 Å². The number of likely N-dealkylation sites (tertiary alicyclic amines) is 3. The van der Waals surface area contributed by atoms with E-state index in [1.807, 2.05) is 45.9 Å². The molecule has 12 rings (SSSR count). The van der Waals surface area contributed by atoms with Gasteiger partial charge in [-0.25, -0.2) is 13.2 Å². The van der Waals surface area contributed by atoms with Crippen LogP contribution in [0.25, 0.3) is 66.1 Å². The third-order valence-electron chi connectivity index (χ3n) is 19.7. The Morgan fingerprint density at radius 2 is 0.891 bits per heavy atom. The molecule has 0 saturated carbocycles. The molecule has 0 aliphatic carbocycles. The molecular formula is C69H86ClF3N12O7. The molecule has 6 aromatic heterocycles. The van der Waals surface area contributed by atoms with Gasteiger partial charge in [0.15, 0.2) is 0 Å². The summed E-state index contributed by atoms with van der Waals surface area (Å²) in [5.74, 6) is 2.68. The molecule has 4 N–H and O–H groups in total. The fourth-order valence-corrected chi connectivity index (χ4v) is 13.5. The quantitative estimate of drug-likeness (QED) is 0.0754. The maximum atomic E-state index is 15.3. The van der Waals surface area contributed by atoms with E-state index in [0.717, 1.165) is 59.5 Å². The Bertz CT molecular complexity index is 4110. The van der Waals surface area contributed by atoms with E-state index in [2.05, 4.69) is 59.1 Å². The van der Waals surface area contributed by atoms with Gasteiger partial charge in [0.05, 0.1) is 45.5 Å². The molecule has 3 aromatic carbocycles. The second-order valence-electron chi connectivity index (χ2n) is 26.1. The Balaban J connectivity index is 0.000000151. The third-order valence-corrected chi connectivity index (χ3v) is 20.0. The Morgan fingerprint density at radius 3 is 1.25 bits per heavy atom. The van der Waals surface area contributed by atoms with E-state index >= 15 is 8.78 Å². The zero-order valence-corrected chi connectivity index (χ0v) is 55.5. The number of aliphatic hydroxyl groups is 1. The van der Waals surface area contributed by atoms with Crippen molar-refractivity contribution in [2.75, 3.05) is 60.6 Å². The number of aromatic amines is 3. The van der Waals surface area contributed by atoms with Gasteiger partial charge in [-0.2, -0.15) is 15.3 Å². The molecule has 9 aromatic rings. The minimum atomic E-state index is -1.09. The standard InChI is InChI=1S/C23H28ClFN4O2.C23H29FN4O3.C23H29FN4O2/c1-14(2)23(25)5-7-29(8-6-23)13-18-19(24)9-15(10-20(18)31-4)17-12-28(3)22(30)21-16(17)11-26-27-21;1-14(2)23(30)5-7-28(8-6-23)13-18-19(24)9-15(10-20(18)31-4)17-12-27(3)22(29)21-16(17)11-25-26-21;1-14(2)15-5-7-28(8-6-15)13-19-20(24)9-16(10-21(19)30-4)18-12-27(3)23(29)22-17(18)11-25-26-22/h9-12,14H,5-8,13H2,1-4H3,(H,26,27);9-12,14,30H,5-8,13H2,1-4H3,(H,25,26);9-12,14-15H,5-8,13H2,1-4H3,(H,25,26). The van der Waals surface area contributed by atoms with Crippen LogP contribution in [0.15, 0.2) is 88.0 Å². The lowest BCUT2D eigenvalue weighted by Gasteiger charge is -2.41. The van der Waals surface area contributed by atoms with Crippen LogP contribution in [0.1, 0.15) is 96.8 Å². The highest BCUT2D eigenvalue weighted by Crippen LogP contribution is 2.41. The zero-order valence-electron chi connectivity index (χ0n) is 54.8. The summed E-state index contributed by atoms with van der Waals surface area (Å²) in [7, 11) is 9.76. The number of nitrogens with one attached hydrogen (secondary N) is 3. The van der Waals surface area contributed by atoms with Crippen LogP contribution in [0, 0.1) is 35.3 Å². The van der Waals surface area contributed by atoms with Crippen LogP contribution in [-0.2, 0) is 40.8 Å². The SMILES string of the molecule is COc1cc(-c2cn(C)c(=O)c3[nH]ncc23)cc(Cl)c1CN1CCC(F)(C(C)C)CC1.COc1cc(-c2cn(C)c(=O)c3[nH]ncc23)cc(F)c1CN1CCC(C(C)C)CC1.COc1cc(-c2cn(C)c(=O)c3[nH]ncc23)cc(F)c1CN1CCC(O)(C(C)C)CC1. The van der Waals surface area contributed by atoms with Crippen molar-refractivity contribution in [2.45, 2.75) is 111 Å². The number of piperidine rings is 3. The number of methoxy groups -OCH3 is 3. The van der Waals surface area contributed by atoms with Crippen molar-refractivity contribution in [1.82, 2.24) is 59.0 Å². The molecule has 0 radical (unpaired) electrons. The molecule has 9 heterocycles. The summed E-state index contributed by atoms with van der Waals surface area (Å²) in [4.78, 5) is 43.6. The van der Waals surface area contributed by atoms with Crippen LogP contribution < -0.4 is 30.9 Å². The Hall–Kier alpha value is -7.76. The van der Waals surface area contributed by atoms with Crippen LogP contribution in [0.5, 0.6) is 17.2 Å². The molecule has 23 heteroatoms. The number of pyridine rings is 3. The summed E-state index contributed by atoms with van der Waals surface area (Å²) >= 11 is 6.71. The number of alkyl halides is 1. The van der Waals surface area contributed by atoms with E-state index in [-0.39, 0.29) is 40.1 Å². The molecule has 3 aliphatic heterocycles. The molecule has 0 bridgehead atoms. The van der Waals surface area contributed by atoms with Crippen molar-refractivity contribution in [3.63, 3.8) is 0 Å². The molecule has 3 aliphatic rings. The first-order chi connectivity index (χ1) is 43.8. The van der Waals surface area contributed by atoms with Crippen LogP contribution in [0.4, 0.5) is 13.2 Å². The van der Waals surface area contributed by atoms with Crippen molar-refractivity contribution in [3.8, 4) is 50.6 Å². The summed E-state index contributed by atoms with van der Waals surface area (Å²) in [6.07, 6.45) is 14.7. The molecule has 0 spiro atoms. The fourth-order valence-electron chi connectivity index (χ4n) is 13.2. The lowest BCUT2D eigenvalue weighted by molar-refractivity contribution is -0.0580. The van der Waals surface area contributed by atoms with Gasteiger partial charge in [-0.1, -0.05) is 53.1 Å². The van der Waals surface area contributed by atoms with Gasteiger partial charge >= 0.3 is 0 Å². The number of hydrogen-bond acceptors (Lipinski definition) is 13. The lowest BCUT2D eigenvalue weighted by atomic mass is 9.81. The first-order valence-corrected chi connectivity index (χ1v) is 32.0. The van der Waals surface area contributed by atoms with Crippen molar-refractivity contribution >= 4 is 44.3 Å². The molecule has 0 atom stereocenters. The predicted octanol–water partition coefficient (Wildman–Crippen LogP) is 11.6. The normalized spacial score (nSPS) is 16.6. The van der Waals surface area contributed by atoms with Crippen LogP contribution in [-0.4, -0.2) is 136 Å². The van der Waals surface area contributed by atoms with Gasteiger partial charge in [-0.05, 0) is 128 Å². The van der Waals surface area contributed by atoms with Gasteiger partial charge in [-0.3, -0.25) is 44.4 Å². The summed E-state index contributed by atoms with van der Waals surface area (Å²) in [6.45, 7) is 18.8. The van der Waals surface area contributed by atoms with Crippen LogP contribution >= 0.6 is 11.6 Å². The van der Waals surface area contributed by atoms with Crippen molar-refractivity contribution in [1.29, 1.82) is 0 Å². The fraction of sp³-hybridized carbons (Fsp3) is 0.478. The van der Waals surface area contributed by atoms with E-state index in [0.29, 0.717) is 155 Å². The maximum absolute atomic E-state index is 15.3. The number of aryl methyl sites for hydroxylation is 3. The van der Waals surface area contributed by atoms with E-state index in [1.165, 1.54) is 32.9 Å². The van der Waals surface area contributed by atoms with Gasteiger partial charge < -0.3 is 33.0 Å². The number of aromatic nitrogens is 9. The minimum absolute atomic E-state index is 0.0219. The molecule has 0 unspecified atom stereocenters. The molecule has 92 heavy (non-hydrogen) atoms. The number of H-pyrrole nitrogens is 3. The van der Waals surface area contributed by atoms with E-state index in [9.17, 15) is 23.9 Å². The highest BCUT2D eigenvalue weighted by molar-refractivity contribution is 6.32. The van der Waals surface area contributed by atoms with Gasteiger partial charge in [-0.15, -0.1) is 0 Å². The summed E-state index contributed by atoms with van der Waals surface area (Å²) < 4.78 is 66.7. The van der Waals surface area contributed by atoms with Gasteiger partial charge in [0.1, 0.15) is 51.1 Å². The molecule has 3 saturated heterocycles. The van der Waals surface area contributed by atoms with Crippen LogP contribution in [0.3, 0.4) is 0 Å². The molecule has 19 nitrogen and oxygen atoms in total. The zero-order chi connectivity index (χ0) is 66.1. The average Bonchev–Trinajstić information content (AvgIpc) is 1.43. The lowest BCUT2D eigenvalue weighted by Crippen LogP contribution is -2.47. The first kappa shape index (κ1) is 67.1. The third kappa shape index (κ3) is 13.8. The molecule has 492 valence electrons. The van der Waals surface area contributed by atoms with Crippen molar-refractivity contribution in [3.05, 3.63) is 138 Å². The Labute approximate surface area is 538 Å². The Kier molecular flexibility index (Phi) is 20.3. The monoisotopic (exact) mass is 1290 g/mol. The number of benzene rings is 3. The largest absolute Gasteiger partial charge is 0.496 e. The number of rotatable bonds is 15. The number of fused-ring (bicyclic) bond motifs is 3. The molecule has 3 fully saturated rings. The topological polar surface area (TPSA) is 210 Å². The van der Waals surface area contributed by atoms with Gasteiger partial charge in [0.2, 0.25) is 0 Å². The first-order valence-electron chi connectivity index (χ1n) is 31.6. The highest BCUT2D eigenvalue weighted by Gasteiger charge is 2.38. The van der Waals surface area contributed by atoms with Gasteiger partial charge in [0, 0.05) is 140 Å². The van der Waals surface area contributed by atoms with E-state index in [1.54, 1.807) is 78.6 Å².